The van der Waals surface area contributed by atoms with Crippen LogP contribution in [0.5, 0.6) is 17.4 Å². The number of aromatic nitrogens is 3. The van der Waals surface area contributed by atoms with E-state index in [1.807, 2.05) is 42.5 Å². The van der Waals surface area contributed by atoms with Gasteiger partial charge in [0, 0.05) is 23.1 Å². The lowest BCUT2D eigenvalue weighted by Crippen LogP contribution is -2.10. The van der Waals surface area contributed by atoms with Crippen LogP contribution in [0.15, 0.2) is 89.2 Å². The molecule has 0 fully saturated rings. The normalized spacial score (nSPS) is 11.6. The Kier molecular flexibility index (Phi) is 11.1. The fourth-order valence-corrected chi connectivity index (χ4v) is 5.96. The van der Waals surface area contributed by atoms with Gasteiger partial charge in [0.2, 0.25) is 17.7 Å². The van der Waals surface area contributed by atoms with E-state index in [2.05, 4.69) is 10.1 Å². The number of carbonyl (C=O) groups is 1. The molecule has 3 aromatic carbocycles. The fourth-order valence-electron chi connectivity index (χ4n) is 4.65. The lowest BCUT2D eigenvalue weighted by molar-refractivity contribution is 0.1000. The van der Waals surface area contributed by atoms with Gasteiger partial charge in [0.1, 0.15) is 24.7 Å². The summed E-state index contributed by atoms with van der Waals surface area (Å²) in [7, 11) is -1.88. The number of methoxy groups -OCH3 is 1. The quantitative estimate of drug-likeness (QED) is 0.106. The van der Waals surface area contributed by atoms with Crippen LogP contribution in [0.3, 0.4) is 0 Å². The predicted octanol–water partition coefficient (Wildman–Crippen LogP) is 7.34. The zero-order valence-electron chi connectivity index (χ0n) is 27.1. The van der Waals surface area contributed by atoms with Crippen LogP contribution in [-0.2, 0) is 26.8 Å². The van der Waals surface area contributed by atoms with Gasteiger partial charge in [0.05, 0.1) is 31.6 Å². The average molecular weight is 673 g/mol. The molecule has 1 amide bonds. The number of carbonyl (C=O) groups excluding carboxylic acids is 1. The van der Waals surface area contributed by atoms with Crippen LogP contribution in [-0.4, -0.2) is 41.0 Å². The number of benzene rings is 3. The Morgan fingerprint density at radius 2 is 1.69 bits per heavy atom. The molecule has 5 aromatic rings. The molecule has 2 N–H and O–H groups in total. The third-order valence-corrected chi connectivity index (χ3v) is 8.81. The van der Waals surface area contributed by atoms with Gasteiger partial charge >= 0.3 is 7.60 Å². The van der Waals surface area contributed by atoms with Gasteiger partial charge in [-0.2, -0.15) is 0 Å². The Morgan fingerprint density at radius 3 is 2.35 bits per heavy atom. The van der Waals surface area contributed by atoms with Gasteiger partial charge in [0.15, 0.2) is 11.5 Å². The molecule has 2 aromatic heterocycles. The molecule has 48 heavy (non-hydrogen) atoms. The van der Waals surface area contributed by atoms with Gasteiger partial charge < -0.3 is 33.4 Å². The second kappa shape index (κ2) is 15.6. The minimum absolute atomic E-state index is 0.140. The van der Waals surface area contributed by atoms with E-state index in [1.54, 1.807) is 75.2 Å². The number of para-hydroxylation sites is 1. The van der Waals surface area contributed by atoms with Crippen molar-refractivity contribution in [1.29, 1.82) is 0 Å². The molecule has 0 spiro atoms. The minimum Gasteiger partial charge on any atom is -0.493 e. The minimum atomic E-state index is -3.44. The van der Waals surface area contributed by atoms with Crippen LogP contribution in [0, 0.1) is 6.92 Å². The number of amides is 1. The Morgan fingerprint density at radius 1 is 0.958 bits per heavy atom. The fraction of sp³-hybridized carbons (Fsp3) is 0.229. The molecule has 12 nitrogen and oxygen atoms in total. The molecule has 250 valence electrons. The molecule has 0 aliphatic rings. The van der Waals surface area contributed by atoms with Crippen LogP contribution < -0.4 is 19.9 Å². The first-order chi connectivity index (χ1) is 23.2. The maximum absolute atomic E-state index is 13.1. The lowest BCUT2D eigenvalue weighted by atomic mass is 10.1. The summed E-state index contributed by atoms with van der Waals surface area (Å²) in [5.74, 6) is 3.27. The molecule has 0 aliphatic heterocycles. The number of oxazole rings is 1. The van der Waals surface area contributed by atoms with Crippen LogP contribution in [0.2, 0.25) is 0 Å². The summed E-state index contributed by atoms with van der Waals surface area (Å²) < 4.78 is 49.2. The first kappa shape index (κ1) is 34.2. The van der Waals surface area contributed by atoms with Crippen molar-refractivity contribution in [2.45, 2.75) is 34.0 Å². The predicted molar refractivity (Wildman–Crippen MR) is 180 cm³/mol. The largest absolute Gasteiger partial charge is 0.493 e. The number of nitrogens with two attached hydrogens (primary N) is 1. The molecule has 0 bridgehead atoms. The third kappa shape index (κ3) is 8.40. The number of hydrogen-bond acceptors (Lipinski definition) is 10. The second-order valence-electron chi connectivity index (χ2n) is 10.4. The lowest BCUT2D eigenvalue weighted by Gasteiger charge is -2.13. The van der Waals surface area contributed by atoms with E-state index in [4.69, 9.17) is 33.4 Å². The number of primary amides is 1. The summed E-state index contributed by atoms with van der Waals surface area (Å²) in [6, 6.07) is 21.8. The van der Waals surface area contributed by atoms with Crippen molar-refractivity contribution in [3.8, 4) is 34.5 Å². The molecule has 2 heterocycles. The van der Waals surface area contributed by atoms with Crippen LogP contribution >= 0.6 is 7.60 Å². The zero-order chi connectivity index (χ0) is 34.1. The Balaban J connectivity index is 1.30. The number of hydrogen-bond donors (Lipinski definition) is 1. The maximum atomic E-state index is 13.1. The number of ether oxygens (including phenoxy) is 3. The molecule has 0 saturated carbocycles. The average Bonchev–Trinajstić information content (AvgIpc) is 3.69. The number of rotatable bonds is 16. The topological polar surface area (TPSA) is 150 Å². The molecular formula is C35H37N4O8P. The van der Waals surface area contributed by atoms with Crippen molar-refractivity contribution in [3.05, 3.63) is 113 Å². The SMILES string of the molecule is CCOP(=O)(C=Cc1cn(-c2ccccc2)nc1OCc1ccc(OCc2nc(-c3ccc(C(N)=O)cc3)oc2C)c(OC)c1)OCC. The van der Waals surface area contributed by atoms with Crippen LogP contribution in [0.1, 0.15) is 46.8 Å². The Bertz CT molecular complexity index is 1910. The van der Waals surface area contributed by atoms with Gasteiger partial charge in [-0.1, -0.05) is 24.3 Å². The van der Waals surface area contributed by atoms with E-state index in [-0.39, 0.29) is 26.4 Å². The second-order valence-corrected chi connectivity index (χ2v) is 12.3. The first-order valence-electron chi connectivity index (χ1n) is 15.2. The van der Waals surface area contributed by atoms with Gasteiger partial charge in [-0.25, -0.2) is 9.67 Å². The summed E-state index contributed by atoms with van der Waals surface area (Å²) in [4.78, 5) is 16.0. The van der Waals surface area contributed by atoms with Crippen molar-refractivity contribution in [1.82, 2.24) is 14.8 Å². The number of nitrogens with zero attached hydrogens (tertiary/aromatic N) is 3. The molecule has 5 rings (SSSR count). The Labute approximate surface area is 278 Å². The van der Waals surface area contributed by atoms with Crippen molar-refractivity contribution < 1.29 is 37.0 Å². The van der Waals surface area contributed by atoms with E-state index in [0.29, 0.717) is 51.4 Å². The summed E-state index contributed by atoms with van der Waals surface area (Å²) >= 11 is 0. The van der Waals surface area contributed by atoms with E-state index < -0.39 is 13.5 Å². The molecule has 0 radical (unpaired) electrons. The van der Waals surface area contributed by atoms with Crippen molar-refractivity contribution in [2.24, 2.45) is 5.73 Å². The first-order valence-corrected chi connectivity index (χ1v) is 16.8. The molecule has 0 atom stereocenters. The van der Waals surface area contributed by atoms with Crippen molar-refractivity contribution in [2.75, 3.05) is 20.3 Å². The Hall–Kier alpha value is -5.16. The molecule has 0 saturated heterocycles. The molecule has 0 unspecified atom stereocenters. The van der Waals surface area contributed by atoms with Gasteiger partial charge in [0.25, 0.3) is 0 Å². The summed E-state index contributed by atoms with van der Waals surface area (Å²) in [5.41, 5.74) is 9.29. The van der Waals surface area contributed by atoms with E-state index in [9.17, 15) is 9.36 Å². The highest BCUT2D eigenvalue weighted by Gasteiger charge is 2.20. The van der Waals surface area contributed by atoms with Gasteiger partial charge in [-0.3, -0.25) is 9.36 Å². The van der Waals surface area contributed by atoms with Gasteiger partial charge in [-0.05, 0) is 80.9 Å². The summed E-state index contributed by atoms with van der Waals surface area (Å²) in [6.07, 6.45) is 3.42. The highest BCUT2D eigenvalue weighted by atomic mass is 31.2. The van der Waals surface area contributed by atoms with Crippen molar-refractivity contribution >= 4 is 19.6 Å². The van der Waals surface area contributed by atoms with Crippen LogP contribution in [0.4, 0.5) is 0 Å². The van der Waals surface area contributed by atoms with Crippen molar-refractivity contribution in [3.63, 3.8) is 0 Å². The zero-order valence-corrected chi connectivity index (χ0v) is 28.0. The number of aryl methyl sites for hydroxylation is 1. The summed E-state index contributed by atoms with van der Waals surface area (Å²) in [5, 5.41) is 4.63. The van der Waals surface area contributed by atoms with Crippen LogP contribution in [0.25, 0.3) is 23.2 Å². The monoisotopic (exact) mass is 672 g/mol. The maximum Gasteiger partial charge on any atom is 0.354 e. The van der Waals surface area contributed by atoms with E-state index in [1.165, 1.54) is 5.82 Å². The summed E-state index contributed by atoms with van der Waals surface area (Å²) in [6.45, 7) is 6.10. The highest BCUT2D eigenvalue weighted by molar-refractivity contribution is 7.57. The van der Waals surface area contributed by atoms with E-state index >= 15 is 0 Å². The standard InChI is InChI=1S/C35H37N4O8P/c1-5-45-48(41,46-6-2)19-18-28-21-39(29-10-8-7-9-11-29)38-35(28)44-22-25-12-17-31(32(20-25)42-4)43-23-30-24(3)47-34(37-30)27-15-13-26(14-16-27)33(36)40/h7-21H,5-6,22-23H2,1-4H3,(H2,36,40). The molecule has 13 heteroatoms. The third-order valence-electron chi connectivity index (χ3n) is 7.06. The van der Waals surface area contributed by atoms with Gasteiger partial charge in [-0.15, -0.1) is 5.10 Å². The molecular weight excluding hydrogens is 635 g/mol. The van der Waals surface area contributed by atoms with E-state index in [0.717, 1.165) is 11.3 Å². The molecule has 0 aliphatic carbocycles. The highest BCUT2D eigenvalue weighted by Crippen LogP contribution is 2.50. The smallest absolute Gasteiger partial charge is 0.354 e.